The van der Waals surface area contributed by atoms with E-state index in [0.29, 0.717) is 10.9 Å². The topological polar surface area (TPSA) is 12.0 Å². The molecule has 1 N–H and O–H groups in total. The third-order valence-electron chi connectivity index (χ3n) is 2.78. The highest BCUT2D eigenvalue weighted by atomic mass is 35.5. The largest absolute Gasteiger partial charge is 0.316 e. The minimum absolute atomic E-state index is 0.0903. The summed E-state index contributed by atoms with van der Waals surface area (Å²) in [5.74, 6) is -0.0837. The van der Waals surface area contributed by atoms with Crippen LogP contribution in [0.4, 0.5) is 4.39 Å². The third-order valence-corrected chi connectivity index (χ3v) is 3.39. The highest BCUT2D eigenvalue weighted by Gasteiger charge is 2.19. The average molecular weight is 248 g/mol. The van der Waals surface area contributed by atoms with Crippen LogP contribution < -0.4 is 5.32 Å². The van der Waals surface area contributed by atoms with Gasteiger partial charge < -0.3 is 5.32 Å². The summed E-state index contributed by atoms with van der Waals surface area (Å²) in [5.41, 5.74) is 0.866. The first-order valence-electron chi connectivity index (χ1n) is 5.03. The minimum atomic E-state index is -0.387. The number of halogens is 3. The van der Waals surface area contributed by atoms with E-state index in [1.165, 1.54) is 12.1 Å². The Morgan fingerprint density at radius 2 is 2.07 bits per heavy atom. The minimum Gasteiger partial charge on any atom is -0.316 e. The van der Waals surface area contributed by atoms with E-state index in [0.717, 1.165) is 31.5 Å². The fourth-order valence-electron chi connectivity index (χ4n) is 1.97. The summed E-state index contributed by atoms with van der Waals surface area (Å²) >= 11 is 11.7. The van der Waals surface area contributed by atoms with Crippen molar-refractivity contribution in [3.8, 4) is 0 Å². The van der Waals surface area contributed by atoms with Gasteiger partial charge in [-0.25, -0.2) is 4.39 Å². The first-order valence-corrected chi connectivity index (χ1v) is 5.79. The summed E-state index contributed by atoms with van der Waals surface area (Å²) in [7, 11) is 0. The van der Waals surface area contributed by atoms with Gasteiger partial charge in [-0.3, -0.25) is 0 Å². The van der Waals surface area contributed by atoms with E-state index in [2.05, 4.69) is 5.32 Å². The van der Waals surface area contributed by atoms with Crippen molar-refractivity contribution in [3.05, 3.63) is 33.6 Å². The first kappa shape index (κ1) is 11.2. The van der Waals surface area contributed by atoms with Gasteiger partial charge in [0.05, 0.1) is 5.02 Å². The van der Waals surface area contributed by atoms with Gasteiger partial charge in [0.25, 0.3) is 0 Å². The van der Waals surface area contributed by atoms with E-state index < -0.39 is 0 Å². The van der Waals surface area contributed by atoms with Crippen LogP contribution in [0.3, 0.4) is 0 Å². The molecule has 1 aromatic carbocycles. The van der Waals surface area contributed by atoms with Crippen molar-refractivity contribution in [2.45, 2.75) is 18.8 Å². The lowest BCUT2D eigenvalue weighted by Gasteiger charge is -2.24. The standard InChI is InChI=1S/C11H12Cl2FN/c12-9-5-10(13)11(14)4-8(9)7-2-1-3-15-6-7/h4-5,7,15H,1-3,6H2. The Balaban J connectivity index is 2.30. The maximum Gasteiger partial charge on any atom is 0.142 e. The molecule has 1 saturated heterocycles. The molecular weight excluding hydrogens is 236 g/mol. The predicted molar refractivity (Wildman–Crippen MR) is 61.3 cm³/mol. The van der Waals surface area contributed by atoms with Crippen molar-refractivity contribution in [2.75, 3.05) is 13.1 Å². The number of hydrogen-bond donors (Lipinski definition) is 1. The Hall–Kier alpha value is -0.310. The molecule has 0 bridgehead atoms. The smallest absolute Gasteiger partial charge is 0.142 e. The molecule has 0 aromatic heterocycles. The van der Waals surface area contributed by atoms with Crippen LogP contribution >= 0.6 is 23.2 Å². The maximum absolute atomic E-state index is 13.3. The average Bonchev–Trinajstić information content (AvgIpc) is 2.25. The quantitative estimate of drug-likeness (QED) is 0.749. The lowest BCUT2D eigenvalue weighted by Crippen LogP contribution is -2.28. The molecule has 1 nitrogen and oxygen atoms in total. The van der Waals surface area contributed by atoms with E-state index in [4.69, 9.17) is 23.2 Å². The molecule has 1 heterocycles. The Bertz CT molecular complexity index is 362. The van der Waals surface area contributed by atoms with Gasteiger partial charge >= 0.3 is 0 Å². The zero-order valence-corrected chi connectivity index (χ0v) is 9.71. The Morgan fingerprint density at radius 1 is 1.27 bits per heavy atom. The zero-order chi connectivity index (χ0) is 10.8. The van der Waals surface area contributed by atoms with Gasteiger partial charge in [-0.05, 0) is 43.0 Å². The number of rotatable bonds is 1. The van der Waals surface area contributed by atoms with Crippen molar-refractivity contribution in [1.29, 1.82) is 0 Å². The summed E-state index contributed by atoms with van der Waals surface area (Å²) in [6.45, 7) is 1.89. The highest BCUT2D eigenvalue weighted by Crippen LogP contribution is 2.32. The van der Waals surface area contributed by atoms with Crippen LogP contribution in [0.5, 0.6) is 0 Å². The van der Waals surface area contributed by atoms with Gasteiger partial charge in [0.15, 0.2) is 0 Å². The molecule has 2 rings (SSSR count). The lowest BCUT2D eigenvalue weighted by atomic mass is 9.91. The first-order chi connectivity index (χ1) is 7.18. The molecule has 0 saturated carbocycles. The second-order valence-electron chi connectivity index (χ2n) is 3.83. The van der Waals surface area contributed by atoms with Crippen LogP contribution in [-0.4, -0.2) is 13.1 Å². The van der Waals surface area contributed by atoms with Crippen LogP contribution in [0.2, 0.25) is 10.0 Å². The van der Waals surface area contributed by atoms with Crippen molar-refractivity contribution < 1.29 is 4.39 Å². The summed E-state index contributed by atoms with van der Waals surface area (Å²) in [6, 6.07) is 2.95. The van der Waals surface area contributed by atoms with Crippen LogP contribution in [0.1, 0.15) is 24.3 Å². The monoisotopic (exact) mass is 247 g/mol. The molecule has 15 heavy (non-hydrogen) atoms. The fourth-order valence-corrected chi connectivity index (χ4v) is 2.51. The van der Waals surface area contributed by atoms with E-state index >= 15 is 0 Å². The van der Waals surface area contributed by atoms with Crippen molar-refractivity contribution in [1.82, 2.24) is 5.32 Å². The Labute approximate surface area is 98.6 Å². The summed E-state index contributed by atoms with van der Waals surface area (Å²) in [4.78, 5) is 0. The molecule has 0 radical (unpaired) electrons. The van der Waals surface area contributed by atoms with Gasteiger partial charge in [0.1, 0.15) is 5.82 Å². The molecule has 82 valence electrons. The highest BCUT2D eigenvalue weighted by molar-refractivity contribution is 6.35. The van der Waals surface area contributed by atoms with Crippen LogP contribution in [0.25, 0.3) is 0 Å². The molecular formula is C11H12Cl2FN. The molecule has 4 heteroatoms. The molecule has 0 aliphatic carbocycles. The number of piperidine rings is 1. The van der Waals surface area contributed by atoms with Crippen LogP contribution in [0.15, 0.2) is 12.1 Å². The molecule has 0 amide bonds. The van der Waals surface area contributed by atoms with Crippen LogP contribution in [0, 0.1) is 5.82 Å². The number of hydrogen-bond acceptors (Lipinski definition) is 1. The molecule has 1 atom stereocenters. The van der Waals surface area contributed by atoms with Gasteiger partial charge in [-0.1, -0.05) is 23.2 Å². The Kier molecular flexibility index (Phi) is 3.49. The van der Waals surface area contributed by atoms with Crippen molar-refractivity contribution >= 4 is 23.2 Å². The number of benzene rings is 1. The molecule has 1 fully saturated rings. The van der Waals surface area contributed by atoms with E-state index in [1.807, 2.05) is 0 Å². The molecule has 1 aliphatic heterocycles. The Morgan fingerprint density at radius 3 is 2.73 bits per heavy atom. The van der Waals surface area contributed by atoms with Gasteiger partial charge in [-0.2, -0.15) is 0 Å². The summed E-state index contributed by atoms with van der Waals surface area (Å²) < 4.78 is 13.3. The maximum atomic E-state index is 13.3. The summed E-state index contributed by atoms with van der Waals surface area (Å²) in [6.07, 6.45) is 2.15. The SMILES string of the molecule is Fc1cc(C2CCCNC2)c(Cl)cc1Cl. The normalized spacial score (nSPS) is 21.7. The van der Waals surface area contributed by atoms with Crippen molar-refractivity contribution in [3.63, 3.8) is 0 Å². The van der Waals surface area contributed by atoms with Gasteiger partial charge in [0, 0.05) is 11.6 Å². The second-order valence-corrected chi connectivity index (χ2v) is 4.65. The molecule has 0 spiro atoms. The van der Waals surface area contributed by atoms with Crippen molar-refractivity contribution in [2.24, 2.45) is 0 Å². The predicted octanol–water partition coefficient (Wildman–Crippen LogP) is 3.60. The fraction of sp³-hybridized carbons (Fsp3) is 0.455. The summed E-state index contributed by atoms with van der Waals surface area (Å²) in [5, 5.41) is 3.94. The van der Waals surface area contributed by atoms with E-state index in [1.54, 1.807) is 0 Å². The molecule has 1 unspecified atom stereocenters. The van der Waals surface area contributed by atoms with Gasteiger partial charge in [0.2, 0.25) is 0 Å². The lowest BCUT2D eigenvalue weighted by molar-refractivity contribution is 0.460. The van der Waals surface area contributed by atoms with Crippen LogP contribution in [-0.2, 0) is 0 Å². The number of nitrogens with one attached hydrogen (secondary N) is 1. The van der Waals surface area contributed by atoms with E-state index in [9.17, 15) is 4.39 Å². The molecule has 1 aromatic rings. The second kappa shape index (κ2) is 4.69. The third kappa shape index (κ3) is 2.44. The zero-order valence-electron chi connectivity index (χ0n) is 8.19. The van der Waals surface area contributed by atoms with E-state index in [-0.39, 0.29) is 10.8 Å². The molecule has 1 aliphatic rings. The van der Waals surface area contributed by atoms with Gasteiger partial charge in [-0.15, -0.1) is 0 Å².